The van der Waals surface area contributed by atoms with E-state index >= 15 is 0 Å². The molecular formula is C17H23N3O3S. The molecule has 0 aliphatic carbocycles. The first kappa shape index (κ1) is 17.0. The summed E-state index contributed by atoms with van der Waals surface area (Å²) in [6.07, 6.45) is 2.66. The molecule has 1 aromatic heterocycles. The number of nitrogens with one attached hydrogen (secondary N) is 1. The Bertz CT molecular complexity index is 800. The van der Waals surface area contributed by atoms with Crippen molar-refractivity contribution in [2.24, 2.45) is 0 Å². The zero-order chi connectivity index (χ0) is 17.3. The second-order valence-corrected chi connectivity index (χ2v) is 8.15. The summed E-state index contributed by atoms with van der Waals surface area (Å²) in [6.45, 7) is 1.08. The van der Waals surface area contributed by atoms with Gasteiger partial charge < -0.3 is 14.6 Å². The molecule has 1 fully saturated rings. The van der Waals surface area contributed by atoms with Gasteiger partial charge in [0.25, 0.3) is 0 Å². The summed E-state index contributed by atoms with van der Waals surface area (Å²) in [5.41, 5.74) is 1.57. The van der Waals surface area contributed by atoms with E-state index < -0.39 is 10.0 Å². The van der Waals surface area contributed by atoms with E-state index in [0.717, 1.165) is 17.7 Å². The maximum absolute atomic E-state index is 13.0. The molecule has 2 aromatic rings. The predicted octanol–water partition coefficient (Wildman–Crippen LogP) is 2.01. The third kappa shape index (κ3) is 3.07. The molecule has 6 nitrogen and oxygen atoms in total. The summed E-state index contributed by atoms with van der Waals surface area (Å²) in [6, 6.07) is 9.04. The summed E-state index contributed by atoms with van der Waals surface area (Å²) in [5.74, 6) is 0.643. The third-order valence-electron chi connectivity index (χ3n) is 4.55. The maximum atomic E-state index is 13.0. The largest absolute Gasteiger partial charge is 0.496 e. The number of hydrogen-bond acceptors (Lipinski definition) is 4. The van der Waals surface area contributed by atoms with Gasteiger partial charge in [-0.05, 0) is 50.8 Å². The Labute approximate surface area is 143 Å². The molecule has 0 spiro atoms. The van der Waals surface area contributed by atoms with Gasteiger partial charge in [0.15, 0.2) is 0 Å². The van der Waals surface area contributed by atoms with Crippen molar-refractivity contribution >= 4 is 10.0 Å². The molecule has 7 heteroatoms. The first-order valence-corrected chi connectivity index (χ1v) is 9.36. The van der Waals surface area contributed by atoms with Crippen molar-refractivity contribution in [3.05, 3.63) is 36.5 Å². The molecule has 0 radical (unpaired) electrons. The molecule has 0 bridgehead atoms. The van der Waals surface area contributed by atoms with Crippen molar-refractivity contribution in [3.63, 3.8) is 0 Å². The van der Waals surface area contributed by atoms with Gasteiger partial charge in [0.1, 0.15) is 5.75 Å². The van der Waals surface area contributed by atoms with Gasteiger partial charge in [0.2, 0.25) is 10.0 Å². The molecule has 1 saturated heterocycles. The zero-order valence-electron chi connectivity index (χ0n) is 14.2. The van der Waals surface area contributed by atoms with Gasteiger partial charge in [-0.2, -0.15) is 4.31 Å². The Hall–Kier alpha value is -1.83. The molecule has 0 saturated carbocycles. The standard InChI is InChI=1S/C17H23N3O3S/c1-19(2)13-8-10-20(12-13)24(21,22)14-6-7-17(23-3)15(11-14)16-5-4-9-18-16/h4-7,9,11,13,18H,8,10,12H2,1-3H3. The lowest BCUT2D eigenvalue weighted by Gasteiger charge is -2.20. The van der Waals surface area contributed by atoms with Gasteiger partial charge in [0, 0.05) is 36.6 Å². The molecule has 24 heavy (non-hydrogen) atoms. The van der Waals surface area contributed by atoms with Gasteiger partial charge in [-0.1, -0.05) is 0 Å². The van der Waals surface area contributed by atoms with Crippen molar-refractivity contribution in [3.8, 4) is 17.0 Å². The van der Waals surface area contributed by atoms with Crippen molar-refractivity contribution in [1.82, 2.24) is 14.2 Å². The number of benzene rings is 1. The monoisotopic (exact) mass is 349 g/mol. The highest BCUT2D eigenvalue weighted by Gasteiger charge is 2.33. The Balaban J connectivity index is 1.96. The van der Waals surface area contributed by atoms with Crippen molar-refractivity contribution in [2.45, 2.75) is 17.4 Å². The molecule has 3 rings (SSSR count). The highest BCUT2D eigenvalue weighted by Crippen LogP contribution is 2.33. The average Bonchev–Trinajstić information content (AvgIpc) is 3.25. The normalized spacial score (nSPS) is 19.1. The highest BCUT2D eigenvalue weighted by atomic mass is 32.2. The quantitative estimate of drug-likeness (QED) is 0.897. The summed E-state index contributed by atoms with van der Waals surface area (Å²) < 4.78 is 32.9. The molecule has 1 aliphatic rings. The molecule has 1 aromatic carbocycles. The SMILES string of the molecule is COc1ccc(S(=O)(=O)N2CCC(N(C)C)C2)cc1-c1ccc[nH]1. The van der Waals surface area contributed by atoms with E-state index in [-0.39, 0.29) is 6.04 Å². The van der Waals surface area contributed by atoms with Crippen molar-refractivity contribution in [2.75, 3.05) is 34.3 Å². The lowest BCUT2D eigenvalue weighted by molar-refractivity contribution is 0.302. The highest BCUT2D eigenvalue weighted by molar-refractivity contribution is 7.89. The van der Waals surface area contributed by atoms with E-state index in [1.807, 2.05) is 26.2 Å². The number of aromatic nitrogens is 1. The number of rotatable bonds is 5. The maximum Gasteiger partial charge on any atom is 0.243 e. The molecule has 0 amide bonds. The minimum absolute atomic E-state index is 0.265. The van der Waals surface area contributed by atoms with Crippen LogP contribution in [0.2, 0.25) is 0 Å². The summed E-state index contributed by atoms with van der Waals surface area (Å²) in [7, 11) is 2.04. The second-order valence-electron chi connectivity index (χ2n) is 6.22. The summed E-state index contributed by atoms with van der Waals surface area (Å²) >= 11 is 0. The number of nitrogens with zero attached hydrogens (tertiary/aromatic N) is 2. The van der Waals surface area contributed by atoms with E-state index in [1.54, 1.807) is 35.8 Å². The first-order valence-electron chi connectivity index (χ1n) is 7.92. The third-order valence-corrected chi connectivity index (χ3v) is 6.41. The van der Waals surface area contributed by atoms with Gasteiger partial charge in [-0.3, -0.25) is 0 Å². The lowest BCUT2D eigenvalue weighted by Crippen LogP contribution is -2.34. The molecule has 2 heterocycles. The van der Waals surface area contributed by atoms with Crippen LogP contribution in [-0.4, -0.2) is 62.9 Å². The van der Waals surface area contributed by atoms with Crippen LogP contribution in [0.15, 0.2) is 41.4 Å². The number of sulfonamides is 1. The van der Waals surface area contributed by atoms with Gasteiger partial charge in [0.05, 0.1) is 12.0 Å². The van der Waals surface area contributed by atoms with E-state index in [2.05, 4.69) is 9.88 Å². The van der Waals surface area contributed by atoms with Gasteiger partial charge in [-0.15, -0.1) is 0 Å². The van der Waals surface area contributed by atoms with Crippen LogP contribution in [0.25, 0.3) is 11.3 Å². The predicted molar refractivity (Wildman–Crippen MR) is 93.6 cm³/mol. The fraction of sp³-hybridized carbons (Fsp3) is 0.412. The number of H-pyrrole nitrogens is 1. The Kier molecular flexibility index (Phi) is 4.67. The van der Waals surface area contributed by atoms with Crippen LogP contribution in [0.3, 0.4) is 0 Å². The summed E-state index contributed by atoms with van der Waals surface area (Å²) in [5, 5.41) is 0. The lowest BCUT2D eigenvalue weighted by atomic mass is 10.1. The van der Waals surface area contributed by atoms with Crippen LogP contribution in [-0.2, 0) is 10.0 Å². The smallest absolute Gasteiger partial charge is 0.243 e. The molecular weight excluding hydrogens is 326 g/mol. The Morgan fingerprint density at radius 1 is 1.29 bits per heavy atom. The van der Waals surface area contributed by atoms with Crippen molar-refractivity contribution < 1.29 is 13.2 Å². The Morgan fingerprint density at radius 2 is 2.08 bits per heavy atom. The number of ether oxygens (including phenoxy) is 1. The Morgan fingerprint density at radius 3 is 2.67 bits per heavy atom. The van der Waals surface area contributed by atoms with Crippen LogP contribution in [0.1, 0.15) is 6.42 Å². The minimum atomic E-state index is -3.51. The number of aromatic amines is 1. The molecule has 130 valence electrons. The number of likely N-dealkylation sites (N-methyl/N-ethyl adjacent to an activating group) is 1. The second kappa shape index (κ2) is 6.58. The fourth-order valence-electron chi connectivity index (χ4n) is 3.06. The average molecular weight is 349 g/mol. The zero-order valence-corrected chi connectivity index (χ0v) is 15.0. The van der Waals surface area contributed by atoms with Crippen LogP contribution < -0.4 is 4.74 Å². The van der Waals surface area contributed by atoms with Crippen LogP contribution in [0, 0.1) is 0 Å². The van der Waals surface area contributed by atoms with Crippen molar-refractivity contribution in [1.29, 1.82) is 0 Å². The van der Waals surface area contributed by atoms with E-state index in [9.17, 15) is 8.42 Å². The molecule has 1 unspecified atom stereocenters. The van der Waals surface area contributed by atoms with E-state index in [0.29, 0.717) is 23.7 Å². The molecule has 1 N–H and O–H groups in total. The fourth-order valence-corrected chi connectivity index (χ4v) is 4.57. The summed E-state index contributed by atoms with van der Waals surface area (Å²) in [4.78, 5) is 5.48. The van der Waals surface area contributed by atoms with E-state index in [1.165, 1.54) is 0 Å². The first-order chi connectivity index (χ1) is 11.4. The molecule has 1 atom stereocenters. The number of hydrogen-bond donors (Lipinski definition) is 1. The van der Waals surface area contributed by atoms with Crippen LogP contribution >= 0.6 is 0 Å². The molecule has 1 aliphatic heterocycles. The minimum Gasteiger partial charge on any atom is -0.496 e. The topological polar surface area (TPSA) is 65.6 Å². The van der Waals surface area contributed by atoms with E-state index in [4.69, 9.17) is 4.74 Å². The van der Waals surface area contributed by atoms with Gasteiger partial charge >= 0.3 is 0 Å². The van der Waals surface area contributed by atoms with Crippen LogP contribution in [0.4, 0.5) is 0 Å². The van der Waals surface area contributed by atoms with Gasteiger partial charge in [-0.25, -0.2) is 8.42 Å². The number of methoxy groups -OCH3 is 1. The van der Waals surface area contributed by atoms with Crippen LogP contribution in [0.5, 0.6) is 5.75 Å².